The van der Waals surface area contributed by atoms with E-state index in [4.69, 9.17) is 9.84 Å². The molecular formula is C20H34O2. The predicted molar refractivity (Wildman–Crippen MR) is 94.1 cm³/mol. The second-order valence-corrected chi connectivity index (χ2v) is 8.84. The highest BCUT2D eigenvalue weighted by molar-refractivity contribution is 5.28. The average molecular weight is 306 g/mol. The lowest BCUT2D eigenvalue weighted by molar-refractivity contribution is -0.0434. The van der Waals surface area contributed by atoms with Crippen LogP contribution in [0.1, 0.15) is 72.4 Å². The second-order valence-electron chi connectivity index (χ2n) is 8.84. The number of hydrogen-bond acceptors (Lipinski definition) is 2. The average Bonchev–Trinajstić information content (AvgIpc) is 2.34. The minimum Gasteiger partial charge on any atom is -0.396 e. The van der Waals surface area contributed by atoms with Gasteiger partial charge in [-0.05, 0) is 48.6 Å². The highest BCUT2D eigenvalue weighted by Crippen LogP contribution is 2.36. The van der Waals surface area contributed by atoms with Crippen molar-refractivity contribution in [1.82, 2.24) is 0 Å². The Kier molecular flexibility index (Phi) is 6.23. The van der Waals surface area contributed by atoms with Gasteiger partial charge >= 0.3 is 0 Å². The van der Waals surface area contributed by atoms with Crippen LogP contribution in [-0.2, 0) is 16.8 Å². The van der Waals surface area contributed by atoms with Gasteiger partial charge in [-0.15, -0.1) is 0 Å². The van der Waals surface area contributed by atoms with Crippen molar-refractivity contribution >= 4 is 0 Å². The van der Waals surface area contributed by atoms with Crippen LogP contribution in [-0.4, -0.2) is 17.3 Å². The van der Waals surface area contributed by atoms with Crippen LogP contribution in [0.3, 0.4) is 0 Å². The molecule has 0 aliphatic carbocycles. The molecular weight excluding hydrogens is 272 g/mol. The molecule has 0 saturated heterocycles. The number of hydrogen-bond donors (Lipinski definition) is 1. The number of aliphatic hydroxyl groups excluding tert-OH is 1. The zero-order valence-electron chi connectivity index (χ0n) is 15.5. The van der Waals surface area contributed by atoms with Gasteiger partial charge in [-0.1, -0.05) is 58.9 Å². The summed E-state index contributed by atoms with van der Waals surface area (Å²) in [5.74, 6) is 0. The van der Waals surface area contributed by atoms with E-state index in [1.54, 1.807) is 0 Å². The van der Waals surface area contributed by atoms with Gasteiger partial charge in [-0.25, -0.2) is 0 Å². The predicted octanol–water partition coefficient (Wildman–Crippen LogP) is 5.08. The smallest absolute Gasteiger partial charge is 0.0724 e. The molecule has 0 heterocycles. The van der Waals surface area contributed by atoms with Crippen LogP contribution in [0, 0.1) is 5.41 Å². The lowest BCUT2D eigenvalue weighted by Gasteiger charge is -2.33. The third-order valence-electron chi connectivity index (χ3n) is 4.05. The van der Waals surface area contributed by atoms with E-state index in [1.807, 2.05) is 13.8 Å². The van der Waals surface area contributed by atoms with Gasteiger partial charge in [0.1, 0.15) is 0 Å². The fraction of sp³-hybridized carbons (Fsp3) is 0.700. The molecule has 0 aliphatic rings. The molecule has 0 spiro atoms. The zero-order valence-corrected chi connectivity index (χ0v) is 15.5. The van der Waals surface area contributed by atoms with E-state index < -0.39 is 0 Å². The molecule has 0 unspecified atom stereocenters. The molecule has 2 heteroatoms. The molecule has 0 saturated carbocycles. The van der Waals surface area contributed by atoms with Crippen molar-refractivity contribution in [2.75, 3.05) is 6.61 Å². The molecule has 1 aromatic carbocycles. The Morgan fingerprint density at radius 3 is 1.91 bits per heavy atom. The van der Waals surface area contributed by atoms with E-state index in [0.29, 0.717) is 18.4 Å². The summed E-state index contributed by atoms with van der Waals surface area (Å²) in [6.45, 7) is 16.3. The topological polar surface area (TPSA) is 29.5 Å². The van der Waals surface area contributed by atoms with Gasteiger partial charge in [-0.3, -0.25) is 0 Å². The van der Waals surface area contributed by atoms with Crippen molar-refractivity contribution in [3.8, 4) is 0 Å². The Bertz CT molecular complexity index is 450. The van der Waals surface area contributed by atoms with Crippen molar-refractivity contribution in [3.63, 3.8) is 0 Å². The first-order valence-corrected chi connectivity index (χ1v) is 8.29. The van der Waals surface area contributed by atoms with Gasteiger partial charge in [0, 0.05) is 6.61 Å². The number of benzene rings is 1. The van der Waals surface area contributed by atoms with Crippen molar-refractivity contribution in [1.29, 1.82) is 0 Å². The third kappa shape index (κ3) is 6.50. The molecule has 1 N–H and O–H groups in total. The summed E-state index contributed by atoms with van der Waals surface area (Å²) in [4.78, 5) is 0. The Labute approximate surface area is 136 Å². The summed E-state index contributed by atoms with van der Waals surface area (Å²) in [5.41, 5.74) is 2.77. The van der Waals surface area contributed by atoms with Gasteiger partial charge in [0.2, 0.25) is 0 Å². The number of aliphatic hydroxyl groups is 1. The van der Waals surface area contributed by atoms with Crippen molar-refractivity contribution in [2.45, 2.75) is 78.9 Å². The molecule has 0 radical (unpaired) electrons. The van der Waals surface area contributed by atoms with Gasteiger partial charge in [0.15, 0.2) is 0 Å². The molecule has 126 valence electrons. The van der Waals surface area contributed by atoms with Gasteiger partial charge < -0.3 is 9.84 Å². The minimum atomic E-state index is -0.279. The standard InChI is InChI=1S/C20H34O2/c1-18(2,3)15-19(4,5)17-10-8-16(9-11-17)14-22-20(6,7)12-13-21/h8-11,21H,12-15H2,1-7H3. The van der Waals surface area contributed by atoms with Gasteiger partial charge in [0.25, 0.3) is 0 Å². The SMILES string of the molecule is CC(C)(C)CC(C)(C)c1ccc(COC(C)(C)CCO)cc1. The van der Waals surface area contributed by atoms with Crippen LogP contribution >= 0.6 is 0 Å². The first kappa shape index (κ1) is 19.2. The molecule has 0 aromatic heterocycles. The second kappa shape index (κ2) is 7.14. The van der Waals surface area contributed by atoms with Crippen LogP contribution in [0.25, 0.3) is 0 Å². The lowest BCUT2D eigenvalue weighted by atomic mass is 9.72. The molecule has 0 bridgehead atoms. The summed E-state index contributed by atoms with van der Waals surface area (Å²) >= 11 is 0. The first-order valence-electron chi connectivity index (χ1n) is 8.29. The van der Waals surface area contributed by atoms with E-state index in [2.05, 4.69) is 58.9 Å². The fourth-order valence-corrected chi connectivity index (χ4v) is 3.10. The largest absolute Gasteiger partial charge is 0.396 e. The molecule has 2 nitrogen and oxygen atoms in total. The summed E-state index contributed by atoms with van der Waals surface area (Å²) in [6, 6.07) is 8.77. The Balaban J connectivity index is 2.71. The van der Waals surface area contributed by atoms with E-state index in [1.165, 1.54) is 11.1 Å². The molecule has 0 amide bonds. The minimum absolute atomic E-state index is 0.160. The van der Waals surface area contributed by atoms with Gasteiger partial charge in [0.05, 0.1) is 12.2 Å². The van der Waals surface area contributed by atoms with E-state index in [0.717, 1.165) is 6.42 Å². The first-order chi connectivity index (χ1) is 9.95. The quantitative estimate of drug-likeness (QED) is 0.761. The van der Waals surface area contributed by atoms with Gasteiger partial charge in [-0.2, -0.15) is 0 Å². The number of ether oxygens (including phenoxy) is 1. The normalized spacial score (nSPS) is 13.5. The maximum absolute atomic E-state index is 9.04. The summed E-state index contributed by atoms with van der Waals surface area (Å²) in [7, 11) is 0. The highest BCUT2D eigenvalue weighted by Gasteiger charge is 2.27. The molecule has 1 rings (SSSR count). The molecule has 1 aromatic rings. The molecule has 0 atom stereocenters. The van der Waals surface area contributed by atoms with Crippen molar-refractivity contribution < 1.29 is 9.84 Å². The van der Waals surface area contributed by atoms with Crippen molar-refractivity contribution in [2.24, 2.45) is 5.41 Å². The Morgan fingerprint density at radius 2 is 1.45 bits per heavy atom. The van der Waals surface area contributed by atoms with Crippen molar-refractivity contribution in [3.05, 3.63) is 35.4 Å². The van der Waals surface area contributed by atoms with Crippen LogP contribution in [0.15, 0.2) is 24.3 Å². The Morgan fingerprint density at radius 1 is 0.909 bits per heavy atom. The lowest BCUT2D eigenvalue weighted by Crippen LogP contribution is -2.26. The highest BCUT2D eigenvalue weighted by atomic mass is 16.5. The summed E-state index contributed by atoms with van der Waals surface area (Å²) < 4.78 is 5.90. The Hall–Kier alpha value is -0.860. The zero-order chi connectivity index (χ0) is 17.0. The maximum Gasteiger partial charge on any atom is 0.0724 e. The fourth-order valence-electron chi connectivity index (χ4n) is 3.10. The van der Waals surface area contributed by atoms with E-state index in [9.17, 15) is 0 Å². The monoisotopic (exact) mass is 306 g/mol. The van der Waals surface area contributed by atoms with E-state index >= 15 is 0 Å². The van der Waals surface area contributed by atoms with Crippen LogP contribution in [0.5, 0.6) is 0 Å². The van der Waals surface area contributed by atoms with Crippen LogP contribution in [0.4, 0.5) is 0 Å². The molecule has 0 fully saturated rings. The molecule has 0 aliphatic heterocycles. The molecule has 22 heavy (non-hydrogen) atoms. The van der Waals surface area contributed by atoms with E-state index in [-0.39, 0.29) is 17.6 Å². The summed E-state index contributed by atoms with van der Waals surface area (Å²) in [5, 5.41) is 9.04. The third-order valence-corrected chi connectivity index (χ3v) is 4.05. The van der Waals surface area contributed by atoms with Crippen LogP contribution in [0.2, 0.25) is 0 Å². The van der Waals surface area contributed by atoms with Crippen LogP contribution < -0.4 is 0 Å². The summed E-state index contributed by atoms with van der Waals surface area (Å²) in [6.07, 6.45) is 1.81. The number of rotatable bonds is 7. The maximum atomic E-state index is 9.04.